The minimum atomic E-state index is -0.0858. The van der Waals surface area contributed by atoms with Crippen LogP contribution in [0.3, 0.4) is 0 Å². The van der Waals surface area contributed by atoms with Gasteiger partial charge in [0.1, 0.15) is 0 Å². The smallest absolute Gasteiger partial charge is 0.252 e. The molecule has 0 spiro atoms. The SMILES string of the molecule is CC(CCl)CCCNC(=O)c1cncc(Br)c1. The predicted octanol–water partition coefficient (Wildman–Crippen LogP) is 3.23. The van der Waals surface area contributed by atoms with E-state index in [1.165, 1.54) is 0 Å². The Bertz CT molecular complexity index is 373. The largest absolute Gasteiger partial charge is 0.352 e. The van der Waals surface area contributed by atoms with Gasteiger partial charge in [0.25, 0.3) is 5.91 Å². The molecule has 1 unspecified atom stereocenters. The summed E-state index contributed by atoms with van der Waals surface area (Å²) in [6, 6.07) is 1.75. The van der Waals surface area contributed by atoms with Crippen molar-refractivity contribution in [2.75, 3.05) is 12.4 Å². The molecule has 5 heteroatoms. The van der Waals surface area contributed by atoms with Gasteiger partial charge < -0.3 is 5.32 Å². The van der Waals surface area contributed by atoms with Gasteiger partial charge in [0, 0.05) is 29.3 Å². The summed E-state index contributed by atoms with van der Waals surface area (Å²) in [5.74, 6) is 1.09. The Kier molecular flexibility index (Phi) is 6.52. The lowest BCUT2D eigenvalue weighted by Gasteiger charge is -2.08. The maximum absolute atomic E-state index is 11.7. The number of hydrogen-bond donors (Lipinski definition) is 1. The molecule has 94 valence electrons. The van der Waals surface area contributed by atoms with E-state index in [2.05, 4.69) is 33.2 Å². The van der Waals surface area contributed by atoms with Crippen molar-refractivity contribution in [1.29, 1.82) is 0 Å². The molecule has 17 heavy (non-hydrogen) atoms. The topological polar surface area (TPSA) is 42.0 Å². The standard InChI is InChI=1S/C12H16BrClN2O/c1-9(6-14)3-2-4-16-12(17)10-5-11(13)8-15-7-10/h5,7-9H,2-4,6H2,1H3,(H,16,17). The summed E-state index contributed by atoms with van der Waals surface area (Å²) in [6.45, 7) is 2.78. The summed E-state index contributed by atoms with van der Waals surface area (Å²) in [5, 5.41) is 2.86. The fourth-order valence-corrected chi connectivity index (χ4v) is 1.89. The number of nitrogens with zero attached hydrogens (tertiary/aromatic N) is 1. The van der Waals surface area contributed by atoms with Gasteiger partial charge in [0.05, 0.1) is 5.56 Å². The van der Waals surface area contributed by atoms with E-state index in [1.807, 2.05) is 0 Å². The molecule has 1 aromatic heterocycles. The summed E-state index contributed by atoms with van der Waals surface area (Å²) in [6.07, 6.45) is 5.18. The maximum atomic E-state index is 11.7. The zero-order valence-corrected chi connectivity index (χ0v) is 12.1. The Balaban J connectivity index is 2.30. The maximum Gasteiger partial charge on any atom is 0.252 e. The second-order valence-corrected chi connectivity index (χ2v) is 5.27. The lowest BCUT2D eigenvalue weighted by atomic mass is 10.1. The minimum Gasteiger partial charge on any atom is -0.352 e. The first kappa shape index (κ1) is 14.5. The first-order valence-corrected chi connectivity index (χ1v) is 6.91. The van der Waals surface area contributed by atoms with Gasteiger partial charge in [0.2, 0.25) is 0 Å². The number of aromatic nitrogens is 1. The number of halogens is 2. The van der Waals surface area contributed by atoms with Crippen molar-refractivity contribution in [1.82, 2.24) is 10.3 Å². The Morgan fingerprint density at radius 3 is 3.00 bits per heavy atom. The molecular weight excluding hydrogens is 304 g/mol. The van der Waals surface area contributed by atoms with Crippen LogP contribution in [0.2, 0.25) is 0 Å². The van der Waals surface area contributed by atoms with Gasteiger partial charge in [-0.2, -0.15) is 0 Å². The molecule has 1 atom stereocenters. The third-order valence-corrected chi connectivity index (χ3v) is 3.35. The molecule has 0 aliphatic rings. The molecule has 1 aromatic rings. The molecule has 1 heterocycles. The van der Waals surface area contributed by atoms with E-state index in [0.717, 1.165) is 17.3 Å². The first-order chi connectivity index (χ1) is 8.13. The molecule has 0 aliphatic heterocycles. The van der Waals surface area contributed by atoms with Gasteiger partial charge in [-0.1, -0.05) is 6.92 Å². The molecule has 0 fully saturated rings. The molecule has 0 bridgehead atoms. The number of rotatable bonds is 6. The second-order valence-electron chi connectivity index (χ2n) is 4.05. The number of hydrogen-bond acceptors (Lipinski definition) is 2. The molecule has 1 rings (SSSR count). The minimum absolute atomic E-state index is 0.0858. The lowest BCUT2D eigenvalue weighted by molar-refractivity contribution is 0.0952. The molecule has 0 aliphatic carbocycles. The molecule has 0 radical (unpaired) electrons. The predicted molar refractivity (Wildman–Crippen MR) is 73.4 cm³/mol. The van der Waals surface area contributed by atoms with E-state index in [9.17, 15) is 4.79 Å². The Morgan fingerprint density at radius 1 is 1.59 bits per heavy atom. The molecule has 0 saturated heterocycles. The van der Waals surface area contributed by atoms with Crippen LogP contribution in [-0.4, -0.2) is 23.3 Å². The van der Waals surface area contributed by atoms with Crippen molar-refractivity contribution < 1.29 is 4.79 Å². The van der Waals surface area contributed by atoms with Crippen LogP contribution in [0.15, 0.2) is 22.9 Å². The highest BCUT2D eigenvalue weighted by molar-refractivity contribution is 9.10. The van der Waals surface area contributed by atoms with Gasteiger partial charge in [-0.25, -0.2) is 0 Å². The lowest BCUT2D eigenvalue weighted by Crippen LogP contribution is -2.24. The van der Waals surface area contributed by atoms with Crippen molar-refractivity contribution in [3.8, 4) is 0 Å². The third kappa shape index (κ3) is 5.50. The molecule has 3 nitrogen and oxygen atoms in total. The van der Waals surface area contributed by atoms with Crippen molar-refractivity contribution >= 4 is 33.4 Å². The number of alkyl halides is 1. The highest BCUT2D eigenvalue weighted by Crippen LogP contribution is 2.10. The van der Waals surface area contributed by atoms with E-state index < -0.39 is 0 Å². The van der Waals surface area contributed by atoms with E-state index in [-0.39, 0.29) is 5.91 Å². The molecule has 1 amide bonds. The highest BCUT2D eigenvalue weighted by atomic mass is 79.9. The Morgan fingerprint density at radius 2 is 2.35 bits per heavy atom. The van der Waals surface area contributed by atoms with Crippen molar-refractivity contribution in [2.45, 2.75) is 19.8 Å². The van der Waals surface area contributed by atoms with Crippen LogP contribution in [0.1, 0.15) is 30.1 Å². The highest BCUT2D eigenvalue weighted by Gasteiger charge is 2.06. The summed E-state index contributed by atoms with van der Waals surface area (Å²) in [5.41, 5.74) is 0.574. The van der Waals surface area contributed by atoms with Crippen LogP contribution < -0.4 is 5.32 Å². The summed E-state index contributed by atoms with van der Waals surface area (Å²) >= 11 is 8.99. The number of carbonyl (C=O) groups excluding carboxylic acids is 1. The van der Waals surface area contributed by atoms with Gasteiger partial charge >= 0.3 is 0 Å². The van der Waals surface area contributed by atoms with Gasteiger partial charge in [-0.05, 0) is 40.8 Å². The zero-order chi connectivity index (χ0) is 12.7. The molecule has 0 saturated carbocycles. The quantitative estimate of drug-likeness (QED) is 0.646. The number of nitrogens with one attached hydrogen (secondary N) is 1. The van der Waals surface area contributed by atoms with Crippen LogP contribution in [0, 0.1) is 5.92 Å². The average molecular weight is 320 g/mol. The number of pyridine rings is 1. The number of amides is 1. The van der Waals surface area contributed by atoms with Crippen LogP contribution in [0.4, 0.5) is 0 Å². The zero-order valence-electron chi connectivity index (χ0n) is 9.75. The summed E-state index contributed by atoms with van der Waals surface area (Å²) in [7, 11) is 0. The molecule has 0 aromatic carbocycles. The average Bonchev–Trinajstić information content (AvgIpc) is 2.34. The second kappa shape index (κ2) is 7.67. The van der Waals surface area contributed by atoms with E-state index in [1.54, 1.807) is 18.5 Å². The fourth-order valence-electron chi connectivity index (χ4n) is 1.37. The Hall–Kier alpha value is -0.610. The van der Waals surface area contributed by atoms with E-state index in [0.29, 0.717) is 23.9 Å². The van der Waals surface area contributed by atoms with E-state index >= 15 is 0 Å². The van der Waals surface area contributed by atoms with Crippen LogP contribution in [-0.2, 0) is 0 Å². The van der Waals surface area contributed by atoms with Crippen molar-refractivity contribution in [3.63, 3.8) is 0 Å². The summed E-state index contributed by atoms with van der Waals surface area (Å²) in [4.78, 5) is 15.7. The van der Waals surface area contributed by atoms with Gasteiger partial charge in [-0.3, -0.25) is 9.78 Å². The monoisotopic (exact) mass is 318 g/mol. The van der Waals surface area contributed by atoms with E-state index in [4.69, 9.17) is 11.6 Å². The summed E-state index contributed by atoms with van der Waals surface area (Å²) < 4.78 is 0.806. The third-order valence-electron chi connectivity index (χ3n) is 2.39. The normalized spacial score (nSPS) is 12.2. The number of carbonyl (C=O) groups is 1. The first-order valence-electron chi connectivity index (χ1n) is 5.58. The molecular formula is C12H16BrClN2O. The molecule has 1 N–H and O–H groups in total. The Labute approximate surface area is 115 Å². The fraction of sp³-hybridized carbons (Fsp3) is 0.500. The van der Waals surface area contributed by atoms with Crippen molar-refractivity contribution in [2.24, 2.45) is 5.92 Å². The van der Waals surface area contributed by atoms with Gasteiger partial charge in [-0.15, -0.1) is 11.6 Å². The van der Waals surface area contributed by atoms with Crippen molar-refractivity contribution in [3.05, 3.63) is 28.5 Å². The van der Waals surface area contributed by atoms with Crippen LogP contribution in [0.25, 0.3) is 0 Å². The van der Waals surface area contributed by atoms with Gasteiger partial charge in [0.15, 0.2) is 0 Å². The van der Waals surface area contributed by atoms with Crippen LogP contribution in [0.5, 0.6) is 0 Å². The van der Waals surface area contributed by atoms with Crippen LogP contribution >= 0.6 is 27.5 Å².